The van der Waals surface area contributed by atoms with Crippen molar-refractivity contribution in [1.82, 2.24) is 5.32 Å². The molecule has 1 unspecified atom stereocenters. The van der Waals surface area contributed by atoms with E-state index >= 15 is 0 Å². The fourth-order valence-electron chi connectivity index (χ4n) is 1.89. The highest BCUT2D eigenvalue weighted by molar-refractivity contribution is 6.30. The van der Waals surface area contributed by atoms with Gasteiger partial charge in [0, 0.05) is 19.3 Å². The SMILES string of the molecule is CCNC(CCOCC)Cc1ccc(F)c(Cl)c1. The summed E-state index contributed by atoms with van der Waals surface area (Å²) in [6.07, 6.45) is 1.78. The van der Waals surface area contributed by atoms with E-state index in [1.807, 2.05) is 6.92 Å². The fraction of sp³-hybridized carbons (Fsp3) is 0.571. The summed E-state index contributed by atoms with van der Waals surface area (Å²) >= 11 is 5.78. The average molecular weight is 274 g/mol. The molecule has 0 heterocycles. The second-order valence-electron chi connectivity index (χ2n) is 4.19. The molecule has 0 aliphatic heterocycles. The van der Waals surface area contributed by atoms with Gasteiger partial charge in [-0.05, 0) is 44.0 Å². The molecule has 0 bridgehead atoms. The second-order valence-corrected chi connectivity index (χ2v) is 4.60. The van der Waals surface area contributed by atoms with Crippen LogP contribution in [-0.4, -0.2) is 25.8 Å². The lowest BCUT2D eigenvalue weighted by Crippen LogP contribution is -2.32. The van der Waals surface area contributed by atoms with E-state index in [0.29, 0.717) is 6.04 Å². The van der Waals surface area contributed by atoms with Gasteiger partial charge in [-0.15, -0.1) is 0 Å². The van der Waals surface area contributed by atoms with Gasteiger partial charge in [0.05, 0.1) is 5.02 Å². The molecule has 0 aliphatic rings. The third-order valence-electron chi connectivity index (χ3n) is 2.77. The number of likely N-dealkylation sites (N-methyl/N-ethyl adjacent to an activating group) is 1. The summed E-state index contributed by atoms with van der Waals surface area (Å²) in [4.78, 5) is 0. The molecule has 4 heteroatoms. The molecule has 1 aromatic carbocycles. The van der Waals surface area contributed by atoms with Gasteiger partial charge in [-0.25, -0.2) is 4.39 Å². The Bertz CT molecular complexity index is 360. The first-order valence-electron chi connectivity index (χ1n) is 6.42. The predicted molar refractivity (Wildman–Crippen MR) is 73.7 cm³/mol. The minimum Gasteiger partial charge on any atom is -0.382 e. The summed E-state index contributed by atoms with van der Waals surface area (Å²) in [5.74, 6) is -0.366. The summed E-state index contributed by atoms with van der Waals surface area (Å²) in [5.41, 5.74) is 1.05. The van der Waals surface area contributed by atoms with Crippen LogP contribution >= 0.6 is 11.6 Å². The predicted octanol–water partition coefficient (Wildman–Crippen LogP) is 3.43. The first kappa shape index (κ1) is 15.4. The molecule has 1 atom stereocenters. The van der Waals surface area contributed by atoms with Crippen LogP contribution in [-0.2, 0) is 11.2 Å². The van der Waals surface area contributed by atoms with Gasteiger partial charge in [-0.1, -0.05) is 24.6 Å². The number of hydrogen-bond donors (Lipinski definition) is 1. The molecule has 1 aromatic rings. The number of ether oxygens (including phenoxy) is 1. The van der Waals surface area contributed by atoms with Crippen molar-refractivity contribution in [3.8, 4) is 0 Å². The van der Waals surface area contributed by atoms with Crippen LogP contribution in [0.5, 0.6) is 0 Å². The number of rotatable bonds is 8. The molecule has 0 radical (unpaired) electrons. The highest BCUT2D eigenvalue weighted by Crippen LogP contribution is 2.17. The number of nitrogens with one attached hydrogen (secondary N) is 1. The van der Waals surface area contributed by atoms with Crippen LogP contribution in [0.4, 0.5) is 4.39 Å². The third-order valence-corrected chi connectivity index (χ3v) is 3.06. The molecular weight excluding hydrogens is 253 g/mol. The van der Waals surface area contributed by atoms with Gasteiger partial charge < -0.3 is 10.1 Å². The second kappa shape index (κ2) is 8.46. The Morgan fingerprint density at radius 1 is 1.39 bits per heavy atom. The zero-order valence-electron chi connectivity index (χ0n) is 11.0. The minimum absolute atomic E-state index is 0.188. The van der Waals surface area contributed by atoms with E-state index in [2.05, 4.69) is 12.2 Å². The van der Waals surface area contributed by atoms with E-state index in [1.165, 1.54) is 6.07 Å². The molecule has 0 aliphatic carbocycles. The Morgan fingerprint density at radius 3 is 2.78 bits per heavy atom. The van der Waals surface area contributed by atoms with E-state index in [4.69, 9.17) is 16.3 Å². The highest BCUT2D eigenvalue weighted by Gasteiger charge is 2.09. The van der Waals surface area contributed by atoms with Gasteiger partial charge in [0.1, 0.15) is 5.82 Å². The number of hydrogen-bond acceptors (Lipinski definition) is 2. The first-order valence-corrected chi connectivity index (χ1v) is 6.80. The lowest BCUT2D eigenvalue weighted by molar-refractivity contribution is 0.136. The molecule has 0 spiro atoms. The maximum absolute atomic E-state index is 13.1. The normalized spacial score (nSPS) is 12.7. The van der Waals surface area contributed by atoms with Crippen LogP contribution in [0.1, 0.15) is 25.8 Å². The summed E-state index contributed by atoms with van der Waals surface area (Å²) in [6, 6.07) is 5.24. The van der Waals surface area contributed by atoms with Crippen LogP contribution in [0, 0.1) is 5.82 Å². The maximum atomic E-state index is 13.1. The van der Waals surface area contributed by atoms with Crippen molar-refractivity contribution in [1.29, 1.82) is 0 Å². The van der Waals surface area contributed by atoms with Crippen molar-refractivity contribution >= 4 is 11.6 Å². The van der Waals surface area contributed by atoms with Crippen LogP contribution < -0.4 is 5.32 Å². The summed E-state index contributed by atoms with van der Waals surface area (Å²) in [7, 11) is 0. The first-order chi connectivity index (χ1) is 8.67. The molecule has 18 heavy (non-hydrogen) atoms. The van der Waals surface area contributed by atoms with Crippen LogP contribution in [0.15, 0.2) is 18.2 Å². The molecule has 0 saturated heterocycles. The molecule has 0 aromatic heterocycles. The van der Waals surface area contributed by atoms with Crippen molar-refractivity contribution < 1.29 is 9.13 Å². The lowest BCUT2D eigenvalue weighted by Gasteiger charge is -2.18. The Kier molecular flexibility index (Phi) is 7.25. The van der Waals surface area contributed by atoms with Crippen molar-refractivity contribution in [2.45, 2.75) is 32.7 Å². The Labute approximate surface area is 113 Å². The molecule has 0 saturated carbocycles. The monoisotopic (exact) mass is 273 g/mol. The van der Waals surface area contributed by atoms with Gasteiger partial charge in [-0.2, -0.15) is 0 Å². The molecule has 2 nitrogen and oxygen atoms in total. The quantitative estimate of drug-likeness (QED) is 0.733. The standard InChI is InChI=1S/C14H21ClFNO/c1-3-17-12(7-8-18-4-2)9-11-5-6-14(16)13(15)10-11/h5-6,10,12,17H,3-4,7-9H2,1-2H3. The van der Waals surface area contributed by atoms with Crippen molar-refractivity contribution in [2.24, 2.45) is 0 Å². The van der Waals surface area contributed by atoms with Gasteiger partial charge in [0.2, 0.25) is 0 Å². The van der Waals surface area contributed by atoms with Crippen LogP contribution in [0.25, 0.3) is 0 Å². The third kappa shape index (κ3) is 5.34. The van der Waals surface area contributed by atoms with Gasteiger partial charge in [-0.3, -0.25) is 0 Å². The number of benzene rings is 1. The molecule has 0 fully saturated rings. The summed E-state index contributed by atoms with van der Waals surface area (Å²) in [6.45, 7) is 6.45. The zero-order chi connectivity index (χ0) is 13.4. The Morgan fingerprint density at radius 2 is 2.17 bits per heavy atom. The topological polar surface area (TPSA) is 21.3 Å². The Hall–Kier alpha value is -0.640. The fourth-order valence-corrected chi connectivity index (χ4v) is 2.09. The highest BCUT2D eigenvalue weighted by atomic mass is 35.5. The van der Waals surface area contributed by atoms with Crippen molar-refractivity contribution in [2.75, 3.05) is 19.8 Å². The molecule has 0 amide bonds. The van der Waals surface area contributed by atoms with E-state index in [9.17, 15) is 4.39 Å². The average Bonchev–Trinajstić information content (AvgIpc) is 2.34. The lowest BCUT2D eigenvalue weighted by atomic mass is 10.0. The number of halogens is 2. The van der Waals surface area contributed by atoms with E-state index in [0.717, 1.165) is 38.2 Å². The molecule has 1 rings (SSSR count). The zero-order valence-corrected chi connectivity index (χ0v) is 11.8. The summed E-state index contributed by atoms with van der Waals surface area (Å²) < 4.78 is 18.4. The van der Waals surface area contributed by atoms with E-state index in [1.54, 1.807) is 12.1 Å². The largest absolute Gasteiger partial charge is 0.382 e. The van der Waals surface area contributed by atoms with Crippen molar-refractivity contribution in [3.63, 3.8) is 0 Å². The minimum atomic E-state index is -0.366. The van der Waals surface area contributed by atoms with E-state index in [-0.39, 0.29) is 10.8 Å². The van der Waals surface area contributed by atoms with Gasteiger partial charge in [0.25, 0.3) is 0 Å². The van der Waals surface area contributed by atoms with E-state index < -0.39 is 0 Å². The maximum Gasteiger partial charge on any atom is 0.141 e. The molecule has 1 N–H and O–H groups in total. The van der Waals surface area contributed by atoms with Crippen LogP contribution in [0.3, 0.4) is 0 Å². The molecular formula is C14H21ClFNO. The summed E-state index contributed by atoms with van der Waals surface area (Å²) in [5, 5.41) is 3.59. The van der Waals surface area contributed by atoms with Crippen molar-refractivity contribution in [3.05, 3.63) is 34.6 Å². The smallest absolute Gasteiger partial charge is 0.141 e. The van der Waals surface area contributed by atoms with Crippen LogP contribution in [0.2, 0.25) is 5.02 Å². The van der Waals surface area contributed by atoms with Gasteiger partial charge >= 0.3 is 0 Å². The Balaban J connectivity index is 2.55. The van der Waals surface area contributed by atoms with Gasteiger partial charge in [0.15, 0.2) is 0 Å². The molecule has 102 valence electrons.